The van der Waals surface area contributed by atoms with Crippen molar-refractivity contribution < 1.29 is 9.47 Å². The SMILES string of the molecule is N#Cc1ncccc1OCC1CCOC1. The van der Waals surface area contributed by atoms with Crippen molar-refractivity contribution in [3.05, 3.63) is 24.0 Å². The van der Waals surface area contributed by atoms with Crippen LogP contribution in [0, 0.1) is 17.2 Å². The van der Waals surface area contributed by atoms with Gasteiger partial charge in [0.15, 0.2) is 11.4 Å². The normalized spacial score (nSPS) is 19.8. The van der Waals surface area contributed by atoms with Gasteiger partial charge in [-0.1, -0.05) is 0 Å². The van der Waals surface area contributed by atoms with E-state index in [4.69, 9.17) is 14.7 Å². The van der Waals surface area contributed by atoms with Crippen molar-refractivity contribution in [1.29, 1.82) is 5.26 Å². The van der Waals surface area contributed by atoms with E-state index < -0.39 is 0 Å². The predicted octanol–water partition coefficient (Wildman–Crippen LogP) is 1.37. The summed E-state index contributed by atoms with van der Waals surface area (Å²) in [6, 6.07) is 5.53. The number of pyridine rings is 1. The van der Waals surface area contributed by atoms with Gasteiger partial charge in [0.2, 0.25) is 0 Å². The van der Waals surface area contributed by atoms with Gasteiger partial charge in [-0.3, -0.25) is 0 Å². The quantitative estimate of drug-likeness (QED) is 0.746. The number of rotatable bonds is 3. The van der Waals surface area contributed by atoms with Crippen LogP contribution < -0.4 is 4.74 Å². The number of ether oxygens (including phenoxy) is 2. The number of nitrogens with zero attached hydrogens (tertiary/aromatic N) is 2. The van der Waals surface area contributed by atoms with Gasteiger partial charge in [0.25, 0.3) is 0 Å². The van der Waals surface area contributed by atoms with E-state index in [1.54, 1.807) is 18.3 Å². The molecule has 15 heavy (non-hydrogen) atoms. The molecule has 0 aromatic carbocycles. The maximum atomic E-state index is 8.79. The monoisotopic (exact) mass is 204 g/mol. The van der Waals surface area contributed by atoms with Gasteiger partial charge < -0.3 is 9.47 Å². The summed E-state index contributed by atoms with van der Waals surface area (Å²) in [6.45, 7) is 2.16. The molecule has 1 atom stereocenters. The van der Waals surface area contributed by atoms with Crippen LogP contribution in [-0.2, 0) is 4.74 Å². The van der Waals surface area contributed by atoms with Crippen LogP contribution in [0.5, 0.6) is 5.75 Å². The minimum atomic E-state index is 0.344. The fourth-order valence-electron chi connectivity index (χ4n) is 1.51. The third-order valence-electron chi connectivity index (χ3n) is 2.38. The molecule has 0 bridgehead atoms. The van der Waals surface area contributed by atoms with Crippen molar-refractivity contribution in [3.8, 4) is 11.8 Å². The smallest absolute Gasteiger partial charge is 0.182 e. The minimum absolute atomic E-state index is 0.344. The molecule has 1 saturated heterocycles. The average Bonchev–Trinajstić information content (AvgIpc) is 2.79. The molecule has 4 nitrogen and oxygen atoms in total. The Bertz CT molecular complexity index is 367. The van der Waals surface area contributed by atoms with Crippen molar-refractivity contribution in [2.24, 2.45) is 5.92 Å². The molecular formula is C11H12N2O2. The highest BCUT2D eigenvalue weighted by Crippen LogP contribution is 2.18. The summed E-state index contributed by atoms with van der Waals surface area (Å²) in [5.74, 6) is 1.00. The Labute approximate surface area is 88.5 Å². The Morgan fingerprint density at radius 3 is 3.33 bits per heavy atom. The Hall–Kier alpha value is -1.60. The fraction of sp³-hybridized carbons (Fsp3) is 0.455. The molecule has 0 radical (unpaired) electrons. The summed E-state index contributed by atoms with van der Waals surface area (Å²) in [5, 5.41) is 8.79. The van der Waals surface area contributed by atoms with Crippen molar-refractivity contribution in [1.82, 2.24) is 4.98 Å². The minimum Gasteiger partial charge on any atom is -0.490 e. The molecule has 1 aliphatic heterocycles. The van der Waals surface area contributed by atoms with Crippen molar-refractivity contribution in [3.63, 3.8) is 0 Å². The summed E-state index contributed by atoms with van der Waals surface area (Å²) in [5.41, 5.74) is 0.344. The molecule has 0 aliphatic carbocycles. The second-order valence-corrected chi connectivity index (χ2v) is 3.50. The maximum absolute atomic E-state index is 8.79. The molecule has 0 saturated carbocycles. The third kappa shape index (κ3) is 2.45. The molecule has 1 aromatic rings. The molecule has 0 N–H and O–H groups in total. The maximum Gasteiger partial charge on any atom is 0.182 e. The lowest BCUT2D eigenvalue weighted by Gasteiger charge is -2.10. The topological polar surface area (TPSA) is 55.1 Å². The highest BCUT2D eigenvalue weighted by molar-refractivity contribution is 5.36. The highest BCUT2D eigenvalue weighted by atomic mass is 16.5. The third-order valence-corrected chi connectivity index (χ3v) is 2.38. The van der Waals surface area contributed by atoms with Crippen LogP contribution in [0.2, 0.25) is 0 Å². The van der Waals surface area contributed by atoms with Gasteiger partial charge in [-0.05, 0) is 18.6 Å². The predicted molar refractivity (Wildman–Crippen MR) is 53.4 cm³/mol. The molecule has 1 fully saturated rings. The molecule has 2 heterocycles. The van der Waals surface area contributed by atoms with Crippen LogP contribution in [0.4, 0.5) is 0 Å². The van der Waals surface area contributed by atoms with E-state index in [1.165, 1.54) is 0 Å². The van der Waals surface area contributed by atoms with Crippen LogP contribution in [0.15, 0.2) is 18.3 Å². The van der Waals surface area contributed by atoms with Gasteiger partial charge >= 0.3 is 0 Å². The Kier molecular flexibility index (Phi) is 3.15. The molecular weight excluding hydrogens is 192 g/mol. The van der Waals surface area contributed by atoms with Gasteiger partial charge in [0.1, 0.15) is 6.07 Å². The highest BCUT2D eigenvalue weighted by Gasteiger charge is 2.16. The largest absolute Gasteiger partial charge is 0.490 e. The summed E-state index contributed by atoms with van der Waals surface area (Å²) in [7, 11) is 0. The zero-order chi connectivity index (χ0) is 10.5. The Balaban J connectivity index is 1.95. The fourth-order valence-corrected chi connectivity index (χ4v) is 1.51. The van der Waals surface area contributed by atoms with E-state index in [-0.39, 0.29) is 0 Å². The average molecular weight is 204 g/mol. The first-order chi connectivity index (χ1) is 7.40. The van der Waals surface area contributed by atoms with Crippen molar-refractivity contribution >= 4 is 0 Å². The zero-order valence-electron chi connectivity index (χ0n) is 8.35. The van der Waals surface area contributed by atoms with Crippen LogP contribution in [0.25, 0.3) is 0 Å². The number of hydrogen-bond donors (Lipinski definition) is 0. The van der Waals surface area contributed by atoms with E-state index in [2.05, 4.69) is 4.98 Å². The second-order valence-electron chi connectivity index (χ2n) is 3.50. The van der Waals surface area contributed by atoms with Crippen LogP contribution >= 0.6 is 0 Å². The van der Waals surface area contributed by atoms with E-state index in [9.17, 15) is 0 Å². The molecule has 0 spiro atoms. The first-order valence-electron chi connectivity index (χ1n) is 4.96. The van der Waals surface area contributed by atoms with E-state index in [1.807, 2.05) is 6.07 Å². The number of hydrogen-bond acceptors (Lipinski definition) is 4. The summed E-state index contributed by atoms with van der Waals surface area (Å²) in [4.78, 5) is 3.93. The van der Waals surface area contributed by atoms with Crippen LogP contribution in [0.3, 0.4) is 0 Å². The molecule has 1 aliphatic rings. The number of nitriles is 1. The van der Waals surface area contributed by atoms with Gasteiger partial charge in [0, 0.05) is 18.7 Å². The summed E-state index contributed by atoms with van der Waals surface area (Å²) in [6.07, 6.45) is 2.62. The van der Waals surface area contributed by atoms with Crippen molar-refractivity contribution in [2.45, 2.75) is 6.42 Å². The molecule has 4 heteroatoms. The molecule has 78 valence electrons. The lowest BCUT2D eigenvalue weighted by atomic mass is 10.1. The first kappa shape index (κ1) is 9.94. The first-order valence-corrected chi connectivity index (χ1v) is 4.96. The van der Waals surface area contributed by atoms with Gasteiger partial charge in [-0.25, -0.2) is 4.98 Å². The molecule has 0 amide bonds. The van der Waals surface area contributed by atoms with E-state index in [0.717, 1.165) is 19.6 Å². The zero-order valence-corrected chi connectivity index (χ0v) is 8.35. The molecule has 2 rings (SSSR count). The molecule has 1 unspecified atom stereocenters. The van der Waals surface area contributed by atoms with Gasteiger partial charge in [-0.2, -0.15) is 5.26 Å². The standard InChI is InChI=1S/C11H12N2O2/c12-6-10-11(2-1-4-13-10)15-8-9-3-5-14-7-9/h1-2,4,9H,3,5,7-8H2. The second kappa shape index (κ2) is 4.76. The van der Waals surface area contributed by atoms with Crippen LogP contribution in [-0.4, -0.2) is 24.8 Å². The van der Waals surface area contributed by atoms with E-state index >= 15 is 0 Å². The summed E-state index contributed by atoms with van der Waals surface area (Å²) < 4.78 is 10.8. The summed E-state index contributed by atoms with van der Waals surface area (Å²) >= 11 is 0. The van der Waals surface area contributed by atoms with Crippen LogP contribution in [0.1, 0.15) is 12.1 Å². The van der Waals surface area contributed by atoms with Crippen molar-refractivity contribution in [2.75, 3.05) is 19.8 Å². The van der Waals surface area contributed by atoms with Gasteiger partial charge in [-0.15, -0.1) is 0 Å². The molecule has 1 aromatic heterocycles. The Morgan fingerprint density at radius 2 is 2.60 bits per heavy atom. The number of aromatic nitrogens is 1. The lowest BCUT2D eigenvalue weighted by Crippen LogP contribution is -2.12. The van der Waals surface area contributed by atoms with Gasteiger partial charge in [0.05, 0.1) is 13.2 Å². The lowest BCUT2D eigenvalue weighted by molar-refractivity contribution is 0.167. The Morgan fingerprint density at radius 1 is 1.67 bits per heavy atom. The van der Waals surface area contributed by atoms with E-state index in [0.29, 0.717) is 24.0 Å².